The van der Waals surface area contributed by atoms with Crippen LogP contribution in [0.5, 0.6) is 0 Å². The molecular formula is C32H16N4O. The van der Waals surface area contributed by atoms with Crippen LogP contribution >= 0.6 is 0 Å². The Morgan fingerprint density at radius 2 is 0.973 bits per heavy atom. The van der Waals surface area contributed by atoms with Crippen LogP contribution < -0.4 is 0 Å². The van der Waals surface area contributed by atoms with Gasteiger partial charge in [0.1, 0.15) is 34.7 Å². The van der Waals surface area contributed by atoms with Gasteiger partial charge in [0.05, 0.1) is 0 Å². The third-order valence-corrected chi connectivity index (χ3v) is 6.86. The summed E-state index contributed by atoms with van der Waals surface area (Å²) in [4.78, 5) is 8.27. The second-order valence-electron chi connectivity index (χ2n) is 8.87. The Morgan fingerprint density at radius 3 is 1.41 bits per heavy atom. The van der Waals surface area contributed by atoms with Gasteiger partial charge in [0.25, 0.3) is 0 Å². The molecule has 0 spiro atoms. The van der Waals surface area contributed by atoms with E-state index >= 15 is 0 Å². The predicted molar refractivity (Wildman–Crippen MR) is 145 cm³/mol. The van der Waals surface area contributed by atoms with Crippen molar-refractivity contribution in [2.24, 2.45) is 0 Å². The van der Waals surface area contributed by atoms with Crippen LogP contribution in [0.1, 0.15) is 11.4 Å². The molecule has 7 rings (SSSR count). The fraction of sp³-hybridized carbons (Fsp3) is 0. The van der Waals surface area contributed by atoms with Crippen LogP contribution in [0.2, 0.25) is 0 Å². The molecule has 0 N–H and O–H groups in total. The number of nitriles is 2. The second kappa shape index (κ2) is 8.02. The van der Waals surface area contributed by atoms with Gasteiger partial charge < -0.3 is 4.42 Å². The number of benzene rings is 4. The third-order valence-electron chi connectivity index (χ3n) is 6.86. The van der Waals surface area contributed by atoms with E-state index in [4.69, 9.17) is 4.42 Å². The van der Waals surface area contributed by atoms with Crippen molar-refractivity contribution in [3.8, 4) is 34.4 Å². The van der Waals surface area contributed by atoms with E-state index in [1.54, 1.807) is 24.5 Å². The molecule has 170 valence electrons. The van der Waals surface area contributed by atoms with Gasteiger partial charge in [-0.05, 0) is 80.2 Å². The molecule has 0 atom stereocenters. The first-order chi connectivity index (χ1) is 18.2. The van der Waals surface area contributed by atoms with Gasteiger partial charge in [0.15, 0.2) is 0 Å². The second-order valence-corrected chi connectivity index (χ2v) is 8.87. The van der Waals surface area contributed by atoms with E-state index in [9.17, 15) is 10.5 Å². The molecule has 0 aliphatic rings. The highest BCUT2D eigenvalue weighted by atomic mass is 16.3. The molecule has 0 saturated carbocycles. The Kier molecular flexibility index (Phi) is 4.51. The van der Waals surface area contributed by atoms with Crippen molar-refractivity contribution in [3.63, 3.8) is 0 Å². The number of rotatable bonds is 2. The smallest absolute Gasteiger partial charge is 0.141 e. The molecule has 0 saturated heterocycles. The minimum Gasteiger partial charge on any atom is -0.456 e. The number of hydrogen-bond acceptors (Lipinski definition) is 5. The molecule has 0 radical (unpaired) electrons. The molecule has 37 heavy (non-hydrogen) atoms. The van der Waals surface area contributed by atoms with Gasteiger partial charge in [0, 0.05) is 23.2 Å². The van der Waals surface area contributed by atoms with Crippen LogP contribution in [0.15, 0.2) is 102 Å². The fourth-order valence-electron chi connectivity index (χ4n) is 5.29. The van der Waals surface area contributed by atoms with Crippen LogP contribution in [-0.4, -0.2) is 9.97 Å². The van der Waals surface area contributed by atoms with E-state index < -0.39 is 0 Å². The maximum atomic E-state index is 9.39. The van der Waals surface area contributed by atoms with Crippen molar-refractivity contribution in [2.75, 3.05) is 0 Å². The molecule has 0 aliphatic carbocycles. The number of hydrogen-bond donors (Lipinski definition) is 0. The van der Waals surface area contributed by atoms with Crippen LogP contribution in [0.3, 0.4) is 0 Å². The highest BCUT2D eigenvalue weighted by molar-refractivity contribution is 6.29. The third kappa shape index (κ3) is 3.16. The summed E-state index contributed by atoms with van der Waals surface area (Å²) in [5, 5.41) is 25.2. The molecule has 0 fully saturated rings. The van der Waals surface area contributed by atoms with E-state index in [0.717, 1.165) is 65.7 Å². The van der Waals surface area contributed by atoms with Gasteiger partial charge in [-0.2, -0.15) is 10.5 Å². The van der Waals surface area contributed by atoms with E-state index in [2.05, 4.69) is 58.5 Å². The highest BCUT2D eigenvalue weighted by Gasteiger charge is 2.19. The molecule has 4 aromatic carbocycles. The molecule has 0 aliphatic heterocycles. The standard InChI is InChI=1S/C32H16N4O/c33-17-21-13-19(9-11-35-21)27-15-29-31(25-7-3-1-5-23(25)27)32-26-8-4-2-6-24(26)28(16-30(32)37-29)20-10-12-36-22(14-20)18-34/h1-16H. The summed E-state index contributed by atoms with van der Waals surface area (Å²) < 4.78 is 6.54. The lowest BCUT2D eigenvalue weighted by Gasteiger charge is -2.10. The quantitative estimate of drug-likeness (QED) is 0.257. The van der Waals surface area contributed by atoms with Gasteiger partial charge in [0.2, 0.25) is 0 Å². The van der Waals surface area contributed by atoms with Crippen molar-refractivity contribution >= 4 is 43.5 Å². The molecule has 3 heterocycles. The number of nitrogens with zero attached hydrogens (tertiary/aromatic N) is 4. The average molecular weight is 473 g/mol. The first-order valence-electron chi connectivity index (χ1n) is 11.8. The monoisotopic (exact) mass is 472 g/mol. The van der Waals surface area contributed by atoms with Crippen molar-refractivity contribution in [1.82, 2.24) is 9.97 Å². The van der Waals surface area contributed by atoms with Gasteiger partial charge in [-0.1, -0.05) is 48.5 Å². The summed E-state index contributed by atoms with van der Waals surface area (Å²) in [6.45, 7) is 0. The highest BCUT2D eigenvalue weighted by Crippen LogP contribution is 2.44. The minimum atomic E-state index is 0.371. The summed E-state index contributed by atoms with van der Waals surface area (Å²) in [5.41, 5.74) is 6.08. The van der Waals surface area contributed by atoms with Crippen molar-refractivity contribution in [1.29, 1.82) is 10.5 Å². The molecular weight excluding hydrogens is 456 g/mol. The lowest BCUT2D eigenvalue weighted by Crippen LogP contribution is -1.87. The Bertz CT molecular complexity index is 1970. The molecule has 5 nitrogen and oxygen atoms in total. The van der Waals surface area contributed by atoms with Crippen molar-refractivity contribution in [3.05, 3.63) is 109 Å². The summed E-state index contributed by atoms with van der Waals surface area (Å²) in [6.07, 6.45) is 3.32. The summed E-state index contributed by atoms with van der Waals surface area (Å²) in [5.74, 6) is 0. The molecule has 7 aromatic rings. The van der Waals surface area contributed by atoms with Gasteiger partial charge in [-0.25, -0.2) is 9.97 Å². The van der Waals surface area contributed by atoms with Crippen molar-refractivity contribution in [2.45, 2.75) is 0 Å². The zero-order chi connectivity index (χ0) is 24.9. The maximum absolute atomic E-state index is 9.39. The van der Waals surface area contributed by atoms with E-state index in [0.29, 0.717) is 11.4 Å². The zero-order valence-corrected chi connectivity index (χ0v) is 19.4. The summed E-state index contributed by atoms with van der Waals surface area (Å²) >= 11 is 0. The Balaban J connectivity index is 1.62. The number of aromatic nitrogens is 2. The van der Waals surface area contributed by atoms with Gasteiger partial charge in [-0.3, -0.25) is 0 Å². The van der Waals surface area contributed by atoms with Crippen LogP contribution in [-0.2, 0) is 0 Å². The lowest BCUT2D eigenvalue weighted by molar-refractivity contribution is 0.670. The lowest BCUT2D eigenvalue weighted by atomic mass is 9.92. The largest absolute Gasteiger partial charge is 0.456 e. The van der Waals surface area contributed by atoms with Crippen molar-refractivity contribution < 1.29 is 4.42 Å². The number of fused-ring (bicyclic) bond motifs is 7. The predicted octanol–water partition coefficient (Wildman–Crippen LogP) is 7.76. The SMILES string of the molecule is N#Cc1cc(-c2cc3oc4cc(-c5ccnc(C#N)c5)c5ccccc5c4c3c3ccccc23)ccn1. The Labute approximate surface area is 211 Å². The zero-order valence-electron chi connectivity index (χ0n) is 19.4. The van der Waals surface area contributed by atoms with Crippen LogP contribution in [0.4, 0.5) is 0 Å². The fourth-order valence-corrected chi connectivity index (χ4v) is 5.29. The normalized spacial score (nSPS) is 11.2. The minimum absolute atomic E-state index is 0.371. The topological polar surface area (TPSA) is 86.5 Å². The maximum Gasteiger partial charge on any atom is 0.141 e. The van der Waals surface area contributed by atoms with E-state index in [1.165, 1.54) is 0 Å². The molecule has 0 bridgehead atoms. The van der Waals surface area contributed by atoms with Crippen LogP contribution in [0.25, 0.3) is 65.7 Å². The van der Waals surface area contributed by atoms with Gasteiger partial charge in [-0.15, -0.1) is 0 Å². The Hall–Kier alpha value is -5.52. The summed E-state index contributed by atoms with van der Waals surface area (Å²) in [7, 11) is 0. The van der Waals surface area contributed by atoms with E-state index in [-0.39, 0.29) is 0 Å². The Morgan fingerprint density at radius 1 is 0.541 bits per heavy atom. The van der Waals surface area contributed by atoms with Crippen LogP contribution in [0, 0.1) is 22.7 Å². The number of pyridine rings is 2. The number of furan rings is 1. The summed E-state index contributed by atoms with van der Waals surface area (Å²) in [6, 6.07) is 32.4. The first kappa shape index (κ1) is 20.8. The molecule has 0 unspecified atom stereocenters. The van der Waals surface area contributed by atoms with E-state index in [1.807, 2.05) is 36.4 Å². The average Bonchev–Trinajstić information content (AvgIpc) is 3.35. The van der Waals surface area contributed by atoms with Gasteiger partial charge >= 0.3 is 0 Å². The molecule has 0 amide bonds. The molecule has 5 heteroatoms. The first-order valence-corrected chi connectivity index (χ1v) is 11.8. The molecule has 3 aromatic heterocycles.